The number of nitrogens with one attached hydrogen (secondary N) is 4. The largest absolute Gasteiger partial charge is 0.481 e. The Hall–Kier alpha value is -1.71. The van der Waals surface area contributed by atoms with Crippen LogP contribution in [0.15, 0.2) is 0 Å². The molecule has 2 amide bonds. The van der Waals surface area contributed by atoms with Gasteiger partial charge in [0.1, 0.15) is 0 Å². The highest BCUT2D eigenvalue weighted by molar-refractivity contribution is 5.83. The smallest absolute Gasteiger partial charge is 0.303 e. The van der Waals surface area contributed by atoms with E-state index in [-0.39, 0.29) is 44.3 Å². The third kappa shape index (κ3) is 11.5. The molecule has 2 atom stereocenters. The van der Waals surface area contributed by atoms with Gasteiger partial charge in [0.15, 0.2) is 0 Å². The van der Waals surface area contributed by atoms with Crippen LogP contribution in [0.5, 0.6) is 0 Å². The molecule has 0 saturated heterocycles. The average Bonchev–Trinajstić information content (AvgIpc) is 2.55. The van der Waals surface area contributed by atoms with Crippen molar-refractivity contribution in [2.45, 2.75) is 38.8 Å². The average molecular weight is 333 g/mol. The first-order valence-electron chi connectivity index (χ1n) is 7.78. The lowest BCUT2D eigenvalue weighted by atomic mass is 10.1. The fraction of sp³-hybridized carbons (Fsp3) is 0.786. The van der Waals surface area contributed by atoms with Crippen molar-refractivity contribution in [3.8, 4) is 0 Å². The van der Waals surface area contributed by atoms with Crippen molar-refractivity contribution < 1.29 is 19.5 Å². The van der Waals surface area contributed by atoms with Crippen molar-refractivity contribution >= 4 is 17.8 Å². The van der Waals surface area contributed by atoms with E-state index in [9.17, 15) is 14.4 Å². The molecular formula is C14H31N5O4. The molecule has 7 N–H and O–H groups in total. The first-order valence-corrected chi connectivity index (χ1v) is 7.78. The summed E-state index contributed by atoms with van der Waals surface area (Å²) in [6.07, 6.45) is 0.120. The predicted molar refractivity (Wildman–Crippen MR) is 89.0 cm³/mol. The van der Waals surface area contributed by atoms with Gasteiger partial charge in [0.2, 0.25) is 11.8 Å². The molecule has 0 spiro atoms. The Kier molecular flexibility index (Phi) is 15.6. The number of hydrogen-bond acceptors (Lipinski definition) is 6. The summed E-state index contributed by atoms with van der Waals surface area (Å²) in [6.45, 7) is 4.72. The highest BCUT2D eigenvalue weighted by atomic mass is 16.4. The van der Waals surface area contributed by atoms with Crippen LogP contribution < -0.4 is 27.0 Å². The second kappa shape index (κ2) is 15.2. The Morgan fingerprint density at radius 2 is 1.39 bits per heavy atom. The summed E-state index contributed by atoms with van der Waals surface area (Å²) in [7, 11) is 3.23. The molecule has 0 aliphatic rings. The van der Waals surface area contributed by atoms with Gasteiger partial charge in [-0.05, 0) is 20.5 Å². The Morgan fingerprint density at radius 1 is 0.957 bits per heavy atom. The summed E-state index contributed by atoms with van der Waals surface area (Å²) < 4.78 is 0. The zero-order chi connectivity index (χ0) is 18.3. The Balaban J connectivity index is 0. The summed E-state index contributed by atoms with van der Waals surface area (Å²) in [5.74, 6) is -1.47. The SMILES string of the molecule is CC.CN[C@@H](CN)C(=O)NCCNC(=O)[C@H](CCC(=O)O)NC. The van der Waals surface area contributed by atoms with Crippen LogP contribution in [0.4, 0.5) is 0 Å². The minimum atomic E-state index is -0.949. The van der Waals surface area contributed by atoms with Crippen LogP contribution in [0, 0.1) is 0 Å². The number of amides is 2. The maximum Gasteiger partial charge on any atom is 0.303 e. The number of carboxylic acid groups (broad SMARTS) is 1. The molecular weight excluding hydrogens is 302 g/mol. The van der Waals surface area contributed by atoms with Gasteiger partial charge in [0, 0.05) is 26.1 Å². The van der Waals surface area contributed by atoms with E-state index in [1.807, 2.05) is 13.8 Å². The van der Waals surface area contributed by atoms with Crippen LogP contribution in [0.1, 0.15) is 26.7 Å². The molecule has 0 aromatic carbocycles. The van der Waals surface area contributed by atoms with Crippen LogP contribution >= 0.6 is 0 Å². The van der Waals surface area contributed by atoms with E-state index in [4.69, 9.17) is 10.8 Å². The number of carbonyl (C=O) groups is 3. The van der Waals surface area contributed by atoms with E-state index in [1.165, 1.54) is 0 Å². The molecule has 0 radical (unpaired) electrons. The third-order valence-corrected chi connectivity index (χ3v) is 2.94. The van der Waals surface area contributed by atoms with Gasteiger partial charge in [0.05, 0.1) is 12.1 Å². The first-order chi connectivity index (χ1) is 11.0. The van der Waals surface area contributed by atoms with Crippen molar-refractivity contribution in [3.05, 3.63) is 0 Å². The van der Waals surface area contributed by atoms with Crippen LogP contribution in [0.3, 0.4) is 0 Å². The zero-order valence-electron chi connectivity index (χ0n) is 14.4. The van der Waals surface area contributed by atoms with Crippen LogP contribution in [-0.4, -0.2) is 68.7 Å². The highest BCUT2D eigenvalue weighted by Crippen LogP contribution is 1.96. The minimum Gasteiger partial charge on any atom is -0.481 e. The number of nitrogens with two attached hydrogens (primary N) is 1. The number of rotatable bonds is 11. The maximum absolute atomic E-state index is 11.8. The molecule has 0 rings (SSSR count). The van der Waals surface area contributed by atoms with Crippen molar-refractivity contribution in [2.24, 2.45) is 5.73 Å². The van der Waals surface area contributed by atoms with Gasteiger partial charge < -0.3 is 32.1 Å². The van der Waals surface area contributed by atoms with Crippen molar-refractivity contribution in [1.82, 2.24) is 21.3 Å². The van der Waals surface area contributed by atoms with E-state index in [0.717, 1.165) is 0 Å². The van der Waals surface area contributed by atoms with Gasteiger partial charge in [-0.1, -0.05) is 13.8 Å². The zero-order valence-corrected chi connectivity index (χ0v) is 14.4. The molecule has 0 bridgehead atoms. The van der Waals surface area contributed by atoms with E-state index < -0.39 is 18.1 Å². The van der Waals surface area contributed by atoms with E-state index in [0.29, 0.717) is 0 Å². The number of hydrogen-bond donors (Lipinski definition) is 6. The summed E-state index contributed by atoms with van der Waals surface area (Å²) in [5.41, 5.74) is 5.40. The lowest BCUT2D eigenvalue weighted by molar-refractivity contribution is -0.137. The van der Waals surface area contributed by atoms with E-state index >= 15 is 0 Å². The van der Waals surface area contributed by atoms with Crippen molar-refractivity contribution in [2.75, 3.05) is 33.7 Å². The molecule has 0 aliphatic carbocycles. The lowest BCUT2D eigenvalue weighted by Gasteiger charge is -2.16. The summed E-state index contributed by atoms with van der Waals surface area (Å²) in [5, 5.41) is 19.4. The maximum atomic E-state index is 11.8. The molecule has 0 saturated carbocycles. The molecule has 136 valence electrons. The summed E-state index contributed by atoms with van der Waals surface area (Å²) >= 11 is 0. The number of likely N-dealkylation sites (N-methyl/N-ethyl adjacent to an activating group) is 2. The van der Waals surface area contributed by atoms with Crippen molar-refractivity contribution in [1.29, 1.82) is 0 Å². The van der Waals surface area contributed by atoms with Gasteiger partial charge in [-0.3, -0.25) is 14.4 Å². The molecule has 0 aromatic heterocycles. The molecule has 0 aromatic rings. The van der Waals surface area contributed by atoms with Gasteiger partial charge in [-0.15, -0.1) is 0 Å². The van der Waals surface area contributed by atoms with Gasteiger partial charge in [-0.2, -0.15) is 0 Å². The van der Waals surface area contributed by atoms with E-state index in [1.54, 1.807) is 14.1 Å². The fourth-order valence-corrected chi connectivity index (χ4v) is 1.65. The lowest BCUT2D eigenvalue weighted by Crippen LogP contribution is -2.49. The van der Waals surface area contributed by atoms with Gasteiger partial charge in [0.25, 0.3) is 0 Å². The first kappa shape index (κ1) is 23.6. The molecule has 0 fully saturated rings. The third-order valence-electron chi connectivity index (χ3n) is 2.94. The fourth-order valence-electron chi connectivity index (χ4n) is 1.65. The van der Waals surface area contributed by atoms with Crippen LogP contribution in [0.2, 0.25) is 0 Å². The van der Waals surface area contributed by atoms with Crippen LogP contribution in [0.25, 0.3) is 0 Å². The predicted octanol–water partition coefficient (Wildman–Crippen LogP) is -1.76. The number of carboxylic acids is 1. The van der Waals surface area contributed by atoms with Gasteiger partial charge >= 0.3 is 5.97 Å². The highest BCUT2D eigenvalue weighted by Gasteiger charge is 2.17. The molecule has 0 heterocycles. The molecule has 0 unspecified atom stereocenters. The minimum absolute atomic E-state index is 0.0873. The van der Waals surface area contributed by atoms with Crippen LogP contribution in [-0.2, 0) is 14.4 Å². The Bertz CT molecular complexity index is 348. The molecule has 23 heavy (non-hydrogen) atoms. The molecule has 9 nitrogen and oxygen atoms in total. The quantitative estimate of drug-likeness (QED) is 0.246. The van der Waals surface area contributed by atoms with Crippen molar-refractivity contribution in [3.63, 3.8) is 0 Å². The molecule has 0 aliphatic heterocycles. The summed E-state index contributed by atoms with van der Waals surface area (Å²) in [6, 6.07) is -1.02. The number of aliphatic carboxylic acids is 1. The second-order valence-electron chi connectivity index (χ2n) is 4.43. The normalized spacial score (nSPS) is 12.4. The number of carbonyl (C=O) groups excluding carboxylic acids is 2. The monoisotopic (exact) mass is 333 g/mol. The topological polar surface area (TPSA) is 146 Å². The summed E-state index contributed by atoms with van der Waals surface area (Å²) in [4.78, 5) is 33.8. The standard InChI is InChI=1S/C12H25N5O4.C2H6/c1-14-8(3-4-10(18)19)11(20)16-5-6-17-12(21)9(7-13)15-2;1-2/h8-9,14-15H,3-7,13H2,1-2H3,(H,16,20)(H,17,21)(H,18,19);1-2H3/t8-,9-;/m0./s1. The molecule has 9 heteroatoms. The Morgan fingerprint density at radius 3 is 1.74 bits per heavy atom. The van der Waals surface area contributed by atoms with E-state index in [2.05, 4.69) is 21.3 Å². The Labute approximate surface area is 137 Å². The van der Waals surface area contributed by atoms with Gasteiger partial charge in [-0.25, -0.2) is 0 Å². The second-order valence-corrected chi connectivity index (χ2v) is 4.43.